The summed E-state index contributed by atoms with van der Waals surface area (Å²) in [6.07, 6.45) is 4.85. The molecule has 3 amide bonds. The van der Waals surface area contributed by atoms with E-state index in [1.54, 1.807) is 26.0 Å². The number of fused-ring (bicyclic) bond motifs is 5. The molecule has 0 unspecified atom stereocenters. The van der Waals surface area contributed by atoms with Gasteiger partial charge in [0, 0.05) is 10.2 Å². The van der Waals surface area contributed by atoms with E-state index in [4.69, 9.17) is 4.74 Å². The summed E-state index contributed by atoms with van der Waals surface area (Å²) in [4.78, 5) is 52.3. The maximum atomic E-state index is 13.1. The van der Waals surface area contributed by atoms with E-state index in [0.29, 0.717) is 5.69 Å². The van der Waals surface area contributed by atoms with Crippen LogP contribution in [-0.2, 0) is 23.9 Å². The van der Waals surface area contributed by atoms with E-state index in [9.17, 15) is 19.2 Å². The zero-order valence-corrected chi connectivity index (χ0v) is 19.2. The van der Waals surface area contributed by atoms with Crippen LogP contribution in [0.4, 0.5) is 5.69 Å². The summed E-state index contributed by atoms with van der Waals surface area (Å²) in [5.74, 6) is -2.76. The Labute approximate surface area is 189 Å². The summed E-state index contributed by atoms with van der Waals surface area (Å²) in [6.45, 7) is 4.93. The first-order valence-corrected chi connectivity index (χ1v) is 11.3. The largest absolute Gasteiger partial charge is 0.454 e. The molecule has 164 valence electrons. The molecule has 31 heavy (non-hydrogen) atoms. The highest BCUT2D eigenvalue weighted by molar-refractivity contribution is 9.10. The first-order chi connectivity index (χ1) is 14.7. The summed E-state index contributed by atoms with van der Waals surface area (Å²) < 4.78 is 6.15. The van der Waals surface area contributed by atoms with Crippen molar-refractivity contribution in [1.82, 2.24) is 4.90 Å². The van der Waals surface area contributed by atoms with Crippen molar-refractivity contribution >= 4 is 45.3 Å². The molecule has 1 saturated carbocycles. The first-order valence-electron chi connectivity index (χ1n) is 10.5. The number of halogens is 1. The zero-order chi connectivity index (χ0) is 22.4. The maximum absolute atomic E-state index is 13.1. The molecule has 2 aliphatic carbocycles. The Bertz CT molecular complexity index is 958. The van der Waals surface area contributed by atoms with Crippen molar-refractivity contribution in [1.29, 1.82) is 0 Å². The minimum atomic E-state index is -1.03. The van der Waals surface area contributed by atoms with Gasteiger partial charge in [0.2, 0.25) is 11.8 Å². The predicted octanol–water partition coefficient (Wildman–Crippen LogP) is 3.07. The molecule has 4 rings (SSSR count). The van der Waals surface area contributed by atoms with Gasteiger partial charge in [0.25, 0.3) is 5.91 Å². The Balaban J connectivity index is 1.41. The molecule has 1 aromatic rings. The normalized spacial score (nSPS) is 27.1. The number of rotatable bonds is 6. The number of hydrogen-bond acceptors (Lipinski definition) is 5. The molecule has 0 radical (unpaired) electrons. The highest BCUT2D eigenvalue weighted by Crippen LogP contribution is 2.53. The van der Waals surface area contributed by atoms with Crippen molar-refractivity contribution in [2.75, 3.05) is 11.9 Å². The number of benzene rings is 1. The number of carbonyl (C=O) groups excluding carboxylic acids is 4. The van der Waals surface area contributed by atoms with Crippen molar-refractivity contribution in [3.8, 4) is 0 Å². The number of carbonyl (C=O) groups is 4. The van der Waals surface area contributed by atoms with Gasteiger partial charge in [-0.2, -0.15) is 0 Å². The average molecular weight is 489 g/mol. The van der Waals surface area contributed by atoms with E-state index in [1.807, 2.05) is 25.1 Å². The van der Waals surface area contributed by atoms with Crippen LogP contribution in [0.1, 0.15) is 25.8 Å². The number of nitrogens with zero attached hydrogens (tertiary/aromatic N) is 1. The smallest absolute Gasteiger partial charge is 0.330 e. The van der Waals surface area contributed by atoms with Crippen molar-refractivity contribution < 1.29 is 23.9 Å². The number of aryl methyl sites for hydroxylation is 1. The van der Waals surface area contributed by atoms with Gasteiger partial charge >= 0.3 is 5.97 Å². The number of nitrogens with one attached hydrogen (secondary N) is 1. The zero-order valence-electron chi connectivity index (χ0n) is 17.6. The third-order valence-corrected chi connectivity index (χ3v) is 7.33. The number of allylic oxidation sites excluding steroid dienone is 2. The van der Waals surface area contributed by atoms with Crippen molar-refractivity contribution in [3.63, 3.8) is 0 Å². The molecule has 1 N–H and O–H groups in total. The predicted molar refractivity (Wildman–Crippen MR) is 117 cm³/mol. The Morgan fingerprint density at radius 3 is 2.32 bits per heavy atom. The Morgan fingerprint density at radius 2 is 1.77 bits per heavy atom. The second-order valence-corrected chi connectivity index (χ2v) is 9.71. The monoisotopic (exact) mass is 488 g/mol. The van der Waals surface area contributed by atoms with Crippen LogP contribution in [0, 0.1) is 36.5 Å². The molecule has 1 saturated heterocycles. The van der Waals surface area contributed by atoms with E-state index in [1.165, 1.54) is 0 Å². The lowest BCUT2D eigenvalue weighted by Crippen LogP contribution is -2.50. The second kappa shape index (κ2) is 8.22. The molecule has 1 heterocycles. The molecule has 7 nitrogen and oxygen atoms in total. The molecule has 0 aromatic heterocycles. The van der Waals surface area contributed by atoms with Crippen LogP contribution >= 0.6 is 15.9 Å². The van der Waals surface area contributed by atoms with Crippen LogP contribution in [0.3, 0.4) is 0 Å². The molecular formula is C23H25BrN2O5. The minimum absolute atomic E-state index is 0.0698. The van der Waals surface area contributed by atoms with Gasteiger partial charge in [0.1, 0.15) is 6.04 Å². The molecule has 1 aromatic carbocycles. The topological polar surface area (TPSA) is 92.8 Å². The third-order valence-electron chi connectivity index (χ3n) is 6.44. The molecule has 0 spiro atoms. The summed E-state index contributed by atoms with van der Waals surface area (Å²) in [6, 6.07) is 4.31. The number of imide groups is 1. The standard InChI is InChI=1S/C23H25BrN2O5/c1-11(2)20(26-21(28)18-13-4-5-14(9-13)19(18)22(26)29)23(30)31-10-17(27)25-15-6-7-16(24)12(3)8-15/h4-8,11,13-14,18-20H,9-10H2,1-3H3,(H,25,27)/t13-,14-,18-,19+,20-/m0/s1. The molecule has 1 aliphatic heterocycles. The van der Waals surface area contributed by atoms with Crippen LogP contribution < -0.4 is 5.32 Å². The van der Waals surface area contributed by atoms with Crippen molar-refractivity contribution in [2.24, 2.45) is 29.6 Å². The summed E-state index contributed by atoms with van der Waals surface area (Å²) in [5.41, 5.74) is 1.54. The van der Waals surface area contributed by atoms with Crippen molar-refractivity contribution in [3.05, 3.63) is 40.4 Å². The lowest BCUT2D eigenvalue weighted by atomic mass is 9.85. The molecule has 8 heteroatoms. The lowest BCUT2D eigenvalue weighted by molar-refractivity contribution is -0.162. The number of likely N-dealkylation sites (tertiary alicyclic amines) is 1. The SMILES string of the molecule is Cc1cc(NC(=O)COC(=O)[C@H](C(C)C)N2C(=O)[C@@H]3[C@H](C2=O)[C@H]2C=C[C@H]3C2)ccc1Br. The lowest BCUT2D eigenvalue weighted by Gasteiger charge is -2.28. The van der Waals surface area contributed by atoms with Crippen LogP contribution in [0.25, 0.3) is 0 Å². The van der Waals surface area contributed by atoms with E-state index in [0.717, 1.165) is 21.4 Å². The van der Waals surface area contributed by atoms with Crippen LogP contribution in [0.2, 0.25) is 0 Å². The molecule has 2 bridgehead atoms. The summed E-state index contributed by atoms with van der Waals surface area (Å²) in [5, 5.41) is 2.68. The highest BCUT2D eigenvalue weighted by Gasteiger charge is 2.61. The van der Waals surface area contributed by atoms with E-state index in [2.05, 4.69) is 21.2 Å². The summed E-state index contributed by atoms with van der Waals surface area (Å²) >= 11 is 3.40. The fraction of sp³-hybridized carbons (Fsp3) is 0.478. The first kappa shape index (κ1) is 21.7. The Morgan fingerprint density at radius 1 is 1.16 bits per heavy atom. The third kappa shape index (κ3) is 3.82. The second-order valence-electron chi connectivity index (χ2n) is 8.86. The van der Waals surface area contributed by atoms with Gasteiger partial charge in [-0.3, -0.25) is 19.3 Å². The van der Waals surface area contributed by atoms with Gasteiger partial charge < -0.3 is 10.1 Å². The Hall–Kier alpha value is -2.48. The van der Waals surface area contributed by atoms with Crippen LogP contribution in [0.5, 0.6) is 0 Å². The molecule has 2 fully saturated rings. The molecule has 5 atom stereocenters. The minimum Gasteiger partial charge on any atom is -0.454 e. The number of esters is 1. The number of hydrogen-bond donors (Lipinski definition) is 1. The molecular weight excluding hydrogens is 464 g/mol. The number of amides is 3. The van der Waals surface area contributed by atoms with Gasteiger partial charge in [0.05, 0.1) is 11.8 Å². The van der Waals surface area contributed by atoms with Gasteiger partial charge in [-0.15, -0.1) is 0 Å². The molecule has 3 aliphatic rings. The fourth-order valence-corrected chi connectivity index (χ4v) is 5.26. The van der Waals surface area contributed by atoms with Crippen molar-refractivity contribution in [2.45, 2.75) is 33.2 Å². The average Bonchev–Trinajstić information content (AvgIpc) is 3.39. The van der Waals surface area contributed by atoms with E-state index in [-0.39, 0.29) is 41.4 Å². The maximum Gasteiger partial charge on any atom is 0.330 e. The quantitative estimate of drug-likeness (QED) is 0.377. The van der Waals surface area contributed by atoms with E-state index >= 15 is 0 Å². The number of ether oxygens (including phenoxy) is 1. The van der Waals surface area contributed by atoms with E-state index < -0.39 is 24.5 Å². The van der Waals surface area contributed by atoms with Gasteiger partial charge in [-0.05, 0) is 54.9 Å². The summed E-state index contributed by atoms with van der Waals surface area (Å²) in [7, 11) is 0. The van der Waals surface area contributed by atoms with Crippen LogP contribution in [0.15, 0.2) is 34.8 Å². The van der Waals surface area contributed by atoms with Gasteiger partial charge in [0.15, 0.2) is 6.61 Å². The fourth-order valence-electron chi connectivity index (χ4n) is 5.02. The number of anilines is 1. The van der Waals surface area contributed by atoms with Gasteiger partial charge in [-0.25, -0.2) is 4.79 Å². The highest BCUT2D eigenvalue weighted by atomic mass is 79.9. The van der Waals surface area contributed by atoms with Crippen LogP contribution in [-0.4, -0.2) is 41.2 Å². The Kier molecular flexibility index (Phi) is 5.77. The van der Waals surface area contributed by atoms with Gasteiger partial charge in [-0.1, -0.05) is 41.9 Å².